The number of fused-ring (bicyclic) bond motifs is 1. The van der Waals surface area contributed by atoms with Crippen molar-refractivity contribution in [3.05, 3.63) is 96.6 Å². The van der Waals surface area contributed by atoms with Gasteiger partial charge in [0.05, 0.1) is 11.7 Å². The van der Waals surface area contributed by atoms with Crippen LogP contribution in [0.15, 0.2) is 85.2 Å². The molecule has 2 aliphatic rings. The average Bonchev–Trinajstić information content (AvgIpc) is 3.62. The third-order valence-electron chi connectivity index (χ3n) is 6.46. The van der Waals surface area contributed by atoms with E-state index in [4.69, 9.17) is 21.7 Å². The number of hydrogen-bond donors (Lipinski definition) is 1. The molecule has 0 bridgehead atoms. The number of pyridine rings is 1. The van der Waals surface area contributed by atoms with Gasteiger partial charge in [0.25, 0.3) is 0 Å². The second-order valence-electron chi connectivity index (χ2n) is 8.75. The zero-order chi connectivity index (χ0) is 23.9. The molecule has 0 radical (unpaired) electrons. The van der Waals surface area contributed by atoms with Gasteiger partial charge in [0.2, 0.25) is 6.79 Å². The van der Waals surface area contributed by atoms with Crippen molar-refractivity contribution in [2.24, 2.45) is 0 Å². The van der Waals surface area contributed by atoms with Crippen molar-refractivity contribution in [1.82, 2.24) is 14.9 Å². The van der Waals surface area contributed by atoms with E-state index in [0.29, 0.717) is 5.11 Å². The molecule has 0 unspecified atom stereocenters. The second-order valence-corrected chi connectivity index (χ2v) is 9.13. The van der Waals surface area contributed by atoms with Gasteiger partial charge in [-0.25, -0.2) is 0 Å². The molecule has 7 nitrogen and oxygen atoms in total. The summed E-state index contributed by atoms with van der Waals surface area (Å²) in [5, 5.41) is 4.17. The lowest BCUT2D eigenvalue weighted by Gasteiger charge is -2.29. The molecular weight excluding hydrogens is 458 g/mol. The van der Waals surface area contributed by atoms with Crippen LogP contribution in [0.1, 0.15) is 23.5 Å². The van der Waals surface area contributed by atoms with Crippen molar-refractivity contribution in [2.45, 2.75) is 12.1 Å². The maximum Gasteiger partial charge on any atom is 0.231 e. The standard InChI is InChI=1S/C27H25N5O2S/c1-30(2)18-8-10-19(11-9-18)31-15-5-7-22(31)26-25(21-6-3-4-14-28-21)29-27(35)32(26)20-12-13-23-24(16-20)34-17-33-23/h3-16,25-26H,17H2,1-2H3,(H,29,35)/t25-,26+/m1/s1. The maximum absolute atomic E-state index is 5.88. The van der Waals surface area contributed by atoms with E-state index < -0.39 is 0 Å². The first kappa shape index (κ1) is 21.5. The Kier molecular flexibility index (Phi) is 5.30. The van der Waals surface area contributed by atoms with Crippen LogP contribution in [0, 0.1) is 0 Å². The molecular formula is C27H25N5O2S. The van der Waals surface area contributed by atoms with Gasteiger partial charge in [-0.2, -0.15) is 0 Å². The summed E-state index contributed by atoms with van der Waals surface area (Å²) in [5.41, 5.74) is 5.20. The van der Waals surface area contributed by atoms with E-state index in [1.807, 2.05) is 56.7 Å². The quantitative estimate of drug-likeness (QED) is 0.408. The summed E-state index contributed by atoms with van der Waals surface area (Å²) in [5.74, 6) is 1.47. The predicted molar refractivity (Wildman–Crippen MR) is 141 cm³/mol. The first-order chi connectivity index (χ1) is 17.1. The van der Waals surface area contributed by atoms with Crippen molar-refractivity contribution < 1.29 is 9.47 Å². The molecule has 2 aromatic carbocycles. The normalized spacial score (nSPS) is 18.6. The van der Waals surface area contributed by atoms with Gasteiger partial charge < -0.3 is 29.2 Å². The molecule has 1 fully saturated rings. The van der Waals surface area contributed by atoms with E-state index in [-0.39, 0.29) is 18.9 Å². The molecule has 176 valence electrons. The average molecular weight is 484 g/mol. The maximum atomic E-state index is 5.88. The molecule has 2 aliphatic heterocycles. The van der Waals surface area contributed by atoms with Crippen LogP contribution < -0.4 is 24.6 Å². The number of benzene rings is 2. The fourth-order valence-corrected chi connectivity index (χ4v) is 5.10. The number of ether oxygens (including phenoxy) is 2. The van der Waals surface area contributed by atoms with Crippen molar-refractivity contribution in [1.29, 1.82) is 0 Å². The molecule has 0 spiro atoms. The van der Waals surface area contributed by atoms with Gasteiger partial charge in [0, 0.05) is 55.3 Å². The molecule has 8 heteroatoms. The zero-order valence-electron chi connectivity index (χ0n) is 19.5. The number of anilines is 2. The predicted octanol–water partition coefficient (Wildman–Crippen LogP) is 4.84. The highest BCUT2D eigenvalue weighted by Gasteiger charge is 2.42. The Bertz CT molecular complexity index is 1370. The highest BCUT2D eigenvalue weighted by atomic mass is 32.1. The first-order valence-electron chi connectivity index (χ1n) is 11.5. The number of thiocarbonyl (C=S) groups is 1. The van der Waals surface area contributed by atoms with Crippen molar-refractivity contribution in [3.63, 3.8) is 0 Å². The van der Waals surface area contributed by atoms with Crippen LogP contribution in [0.2, 0.25) is 0 Å². The fraction of sp³-hybridized carbons (Fsp3) is 0.185. The van der Waals surface area contributed by atoms with E-state index in [0.717, 1.165) is 39.9 Å². The summed E-state index contributed by atoms with van der Waals surface area (Å²) in [7, 11) is 4.09. The highest BCUT2D eigenvalue weighted by Crippen LogP contribution is 2.44. The minimum Gasteiger partial charge on any atom is -0.454 e. The number of aromatic nitrogens is 2. The lowest BCUT2D eigenvalue weighted by Crippen LogP contribution is -2.30. The van der Waals surface area contributed by atoms with Gasteiger partial charge in [-0.15, -0.1) is 0 Å². The van der Waals surface area contributed by atoms with Gasteiger partial charge in [-0.05, 0) is 72.9 Å². The van der Waals surface area contributed by atoms with Crippen molar-refractivity contribution in [3.8, 4) is 17.2 Å². The van der Waals surface area contributed by atoms with Crippen LogP contribution in [-0.4, -0.2) is 35.6 Å². The molecule has 2 atom stereocenters. The third-order valence-corrected chi connectivity index (χ3v) is 6.77. The Morgan fingerprint density at radius 2 is 1.74 bits per heavy atom. The van der Waals surface area contributed by atoms with E-state index in [1.165, 1.54) is 0 Å². The van der Waals surface area contributed by atoms with E-state index in [2.05, 4.69) is 67.3 Å². The number of nitrogens with zero attached hydrogens (tertiary/aromatic N) is 4. The minimum atomic E-state index is -0.138. The van der Waals surface area contributed by atoms with Crippen molar-refractivity contribution in [2.75, 3.05) is 30.7 Å². The number of rotatable bonds is 5. The van der Waals surface area contributed by atoms with Gasteiger partial charge >= 0.3 is 0 Å². The minimum absolute atomic E-state index is 0.135. The molecule has 6 rings (SSSR count). The van der Waals surface area contributed by atoms with Crippen LogP contribution in [0.3, 0.4) is 0 Å². The third kappa shape index (κ3) is 3.76. The van der Waals surface area contributed by atoms with Crippen LogP contribution in [-0.2, 0) is 0 Å². The Balaban J connectivity index is 1.47. The molecule has 4 aromatic rings. The Morgan fingerprint density at radius 1 is 0.943 bits per heavy atom. The summed E-state index contributed by atoms with van der Waals surface area (Å²) in [6, 6.07) is 24.4. The fourth-order valence-electron chi connectivity index (χ4n) is 4.75. The van der Waals surface area contributed by atoms with Gasteiger partial charge in [-0.3, -0.25) is 4.98 Å². The van der Waals surface area contributed by atoms with E-state index >= 15 is 0 Å². The largest absolute Gasteiger partial charge is 0.454 e. The summed E-state index contributed by atoms with van der Waals surface area (Å²) in [6.45, 7) is 0.229. The Labute approximate surface area is 209 Å². The Morgan fingerprint density at radius 3 is 2.51 bits per heavy atom. The van der Waals surface area contributed by atoms with E-state index in [9.17, 15) is 0 Å². The lowest BCUT2D eigenvalue weighted by atomic mass is 10.0. The molecule has 35 heavy (non-hydrogen) atoms. The molecule has 4 heterocycles. The molecule has 0 aliphatic carbocycles. The zero-order valence-corrected chi connectivity index (χ0v) is 20.3. The van der Waals surface area contributed by atoms with Gasteiger partial charge in [0.1, 0.15) is 6.04 Å². The lowest BCUT2D eigenvalue weighted by molar-refractivity contribution is 0.174. The first-order valence-corrected chi connectivity index (χ1v) is 11.9. The molecule has 0 amide bonds. The van der Waals surface area contributed by atoms with Crippen LogP contribution in [0.25, 0.3) is 5.69 Å². The summed E-state index contributed by atoms with van der Waals surface area (Å²) < 4.78 is 13.4. The molecule has 2 aromatic heterocycles. The van der Waals surface area contributed by atoms with Crippen LogP contribution in [0.5, 0.6) is 11.5 Å². The topological polar surface area (TPSA) is 54.8 Å². The van der Waals surface area contributed by atoms with Crippen LogP contribution >= 0.6 is 12.2 Å². The number of nitrogens with one attached hydrogen (secondary N) is 1. The second kappa shape index (κ2) is 8.63. The Hall–Kier alpha value is -4.04. The van der Waals surface area contributed by atoms with Crippen LogP contribution in [0.4, 0.5) is 11.4 Å². The molecule has 1 N–H and O–H groups in total. The monoisotopic (exact) mass is 483 g/mol. The smallest absolute Gasteiger partial charge is 0.231 e. The number of hydrogen-bond acceptors (Lipinski definition) is 5. The van der Waals surface area contributed by atoms with Gasteiger partial charge in [-0.1, -0.05) is 6.07 Å². The molecule has 0 saturated carbocycles. The highest BCUT2D eigenvalue weighted by molar-refractivity contribution is 7.80. The summed E-state index contributed by atoms with van der Waals surface area (Å²) in [6.07, 6.45) is 3.91. The molecule has 1 saturated heterocycles. The van der Waals surface area contributed by atoms with E-state index in [1.54, 1.807) is 0 Å². The van der Waals surface area contributed by atoms with Gasteiger partial charge in [0.15, 0.2) is 16.6 Å². The summed E-state index contributed by atoms with van der Waals surface area (Å²) in [4.78, 5) is 8.91. The SMILES string of the molecule is CN(C)c1ccc(-n2cccc2[C@H]2[C@@H](c3ccccn3)NC(=S)N2c2ccc3c(c2)OCO3)cc1. The summed E-state index contributed by atoms with van der Waals surface area (Å²) >= 11 is 5.88. The van der Waals surface area contributed by atoms with Crippen molar-refractivity contribution >= 4 is 28.7 Å².